The molecule has 0 unspecified atom stereocenters. The fourth-order valence-corrected chi connectivity index (χ4v) is 1.97. The van der Waals surface area contributed by atoms with Crippen molar-refractivity contribution in [3.05, 3.63) is 57.1 Å². The number of hydrogen-bond acceptors (Lipinski definition) is 1. The van der Waals surface area contributed by atoms with Gasteiger partial charge in [0, 0.05) is 6.07 Å². The van der Waals surface area contributed by atoms with Crippen LogP contribution in [0.25, 0.3) is 0 Å². The fourth-order valence-electron chi connectivity index (χ4n) is 1.64. The summed E-state index contributed by atoms with van der Waals surface area (Å²) >= 11 is 12.0. The van der Waals surface area contributed by atoms with E-state index in [2.05, 4.69) is 19.9 Å². The van der Waals surface area contributed by atoms with Gasteiger partial charge in [0.15, 0.2) is 0 Å². The van der Waals surface area contributed by atoms with Gasteiger partial charge in [0.05, 0.1) is 5.02 Å². The summed E-state index contributed by atoms with van der Waals surface area (Å²) in [5.74, 6) is 1.23. The minimum absolute atomic E-state index is 0.421. The molecule has 0 aliphatic rings. The van der Waals surface area contributed by atoms with Crippen molar-refractivity contribution in [2.45, 2.75) is 20.8 Å². The topological polar surface area (TPSA) is 9.23 Å². The van der Waals surface area contributed by atoms with E-state index in [1.54, 1.807) is 18.2 Å². The highest BCUT2D eigenvalue weighted by atomic mass is 35.5. The Labute approximate surface area is 117 Å². The van der Waals surface area contributed by atoms with E-state index in [1.807, 2.05) is 13.0 Å². The van der Waals surface area contributed by atoms with Crippen molar-refractivity contribution in [2.24, 2.45) is 0 Å². The number of benzene rings is 2. The van der Waals surface area contributed by atoms with Crippen molar-refractivity contribution >= 4 is 23.2 Å². The molecule has 93 valence electrons. The Morgan fingerprint density at radius 3 is 2.50 bits per heavy atom. The summed E-state index contributed by atoms with van der Waals surface area (Å²) in [6.45, 7) is 6.12. The van der Waals surface area contributed by atoms with Gasteiger partial charge in [-0.2, -0.15) is 0 Å². The molecule has 0 saturated carbocycles. The number of halogens is 2. The van der Waals surface area contributed by atoms with Gasteiger partial charge in [0.2, 0.25) is 0 Å². The second-order valence-electron chi connectivity index (χ2n) is 4.20. The van der Waals surface area contributed by atoms with Gasteiger partial charge >= 0.3 is 0 Å². The molecule has 2 rings (SSSR count). The van der Waals surface area contributed by atoms with E-state index in [1.165, 1.54) is 11.1 Å². The Bertz CT molecular complexity index is 591. The van der Waals surface area contributed by atoms with Gasteiger partial charge in [-0.1, -0.05) is 29.3 Å². The molecular formula is C15H13Cl2O. The third-order valence-electron chi connectivity index (χ3n) is 3.04. The van der Waals surface area contributed by atoms with E-state index in [4.69, 9.17) is 27.9 Å². The van der Waals surface area contributed by atoms with Crippen LogP contribution < -0.4 is 4.74 Å². The van der Waals surface area contributed by atoms with Crippen LogP contribution >= 0.6 is 23.2 Å². The first-order valence-electron chi connectivity index (χ1n) is 5.61. The van der Waals surface area contributed by atoms with Gasteiger partial charge < -0.3 is 4.74 Å². The predicted molar refractivity (Wildman–Crippen MR) is 76.0 cm³/mol. The summed E-state index contributed by atoms with van der Waals surface area (Å²) in [7, 11) is 0. The summed E-state index contributed by atoms with van der Waals surface area (Å²) in [6.07, 6.45) is 0. The lowest BCUT2D eigenvalue weighted by molar-refractivity contribution is 0.477. The number of rotatable bonds is 2. The summed E-state index contributed by atoms with van der Waals surface area (Å²) in [6, 6.07) is 10.4. The molecule has 0 atom stereocenters. The highest BCUT2D eigenvalue weighted by Crippen LogP contribution is 2.36. The maximum Gasteiger partial charge on any atom is 0.147 e. The Morgan fingerprint density at radius 1 is 1.06 bits per heavy atom. The van der Waals surface area contributed by atoms with E-state index in [0.29, 0.717) is 21.5 Å². The first kappa shape index (κ1) is 13.3. The molecule has 0 amide bonds. The molecule has 0 saturated heterocycles. The Hall–Kier alpha value is -1.18. The first-order valence-corrected chi connectivity index (χ1v) is 6.36. The quantitative estimate of drug-likeness (QED) is 0.704. The molecule has 1 nitrogen and oxygen atoms in total. The van der Waals surface area contributed by atoms with Crippen LogP contribution in [-0.2, 0) is 0 Å². The minimum atomic E-state index is 0.421. The van der Waals surface area contributed by atoms with E-state index >= 15 is 0 Å². The Morgan fingerprint density at radius 2 is 1.78 bits per heavy atom. The fraction of sp³-hybridized carbons (Fsp3) is 0.200. The minimum Gasteiger partial charge on any atom is -0.455 e. The SMILES string of the molecule is Cc1c[c]c(Oc2cccc(Cl)c2Cl)c(C)c1C. The summed E-state index contributed by atoms with van der Waals surface area (Å²) in [4.78, 5) is 0. The zero-order valence-corrected chi connectivity index (χ0v) is 12.0. The number of hydrogen-bond donors (Lipinski definition) is 0. The summed E-state index contributed by atoms with van der Waals surface area (Å²) < 4.78 is 5.78. The van der Waals surface area contributed by atoms with Gasteiger partial charge in [-0.25, -0.2) is 0 Å². The third kappa shape index (κ3) is 2.47. The molecule has 2 aromatic carbocycles. The third-order valence-corrected chi connectivity index (χ3v) is 3.84. The lowest BCUT2D eigenvalue weighted by atomic mass is 10.0. The van der Waals surface area contributed by atoms with Gasteiger partial charge in [-0.05, 0) is 55.7 Å². The summed E-state index contributed by atoms with van der Waals surface area (Å²) in [5.41, 5.74) is 3.45. The van der Waals surface area contributed by atoms with Gasteiger partial charge in [0.1, 0.15) is 16.5 Å². The molecule has 0 N–H and O–H groups in total. The maximum atomic E-state index is 6.10. The molecule has 2 aromatic rings. The average Bonchev–Trinajstić information content (AvgIpc) is 2.35. The molecule has 0 aliphatic carbocycles. The maximum absolute atomic E-state index is 6.10. The van der Waals surface area contributed by atoms with Crippen LogP contribution in [-0.4, -0.2) is 0 Å². The second-order valence-corrected chi connectivity index (χ2v) is 4.99. The van der Waals surface area contributed by atoms with E-state index < -0.39 is 0 Å². The van der Waals surface area contributed by atoms with Gasteiger partial charge in [0.25, 0.3) is 0 Å². The molecular weight excluding hydrogens is 267 g/mol. The molecule has 0 fully saturated rings. The van der Waals surface area contributed by atoms with Crippen molar-refractivity contribution in [2.75, 3.05) is 0 Å². The van der Waals surface area contributed by atoms with Gasteiger partial charge in [-0.3, -0.25) is 0 Å². The average molecular weight is 280 g/mol. The highest BCUT2D eigenvalue weighted by molar-refractivity contribution is 6.42. The van der Waals surface area contributed by atoms with Crippen LogP contribution in [0.4, 0.5) is 0 Å². The zero-order chi connectivity index (χ0) is 13.3. The standard InChI is InChI=1S/C15H13Cl2O/c1-9-7-8-13(11(3)10(9)2)18-14-6-4-5-12(16)15(14)17/h4-7H,1-3H3. The highest BCUT2D eigenvalue weighted by Gasteiger charge is 2.10. The Kier molecular flexibility index (Phi) is 3.84. The smallest absolute Gasteiger partial charge is 0.147 e. The molecule has 0 heterocycles. The number of aryl methyl sites for hydroxylation is 1. The monoisotopic (exact) mass is 279 g/mol. The van der Waals surface area contributed by atoms with E-state index in [9.17, 15) is 0 Å². The first-order chi connectivity index (χ1) is 8.50. The zero-order valence-electron chi connectivity index (χ0n) is 10.5. The lowest BCUT2D eigenvalue weighted by Gasteiger charge is -2.13. The van der Waals surface area contributed by atoms with Crippen molar-refractivity contribution in [1.29, 1.82) is 0 Å². The van der Waals surface area contributed by atoms with Crippen LogP contribution in [0.1, 0.15) is 16.7 Å². The van der Waals surface area contributed by atoms with Crippen LogP contribution in [0.5, 0.6) is 11.5 Å². The van der Waals surface area contributed by atoms with Crippen molar-refractivity contribution in [3.8, 4) is 11.5 Å². The van der Waals surface area contributed by atoms with Crippen molar-refractivity contribution in [1.82, 2.24) is 0 Å². The van der Waals surface area contributed by atoms with Gasteiger partial charge in [-0.15, -0.1) is 0 Å². The van der Waals surface area contributed by atoms with Crippen LogP contribution in [0.2, 0.25) is 10.0 Å². The molecule has 0 bridgehead atoms. The van der Waals surface area contributed by atoms with Crippen LogP contribution in [0, 0.1) is 26.8 Å². The van der Waals surface area contributed by atoms with Crippen LogP contribution in [0.15, 0.2) is 24.3 Å². The van der Waals surface area contributed by atoms with Crippen molar-refractivity contribution in [3.63, 3.8) is 0 Å². The number of ether oxygens (including phenoxy) is 1. The molecule has 18 heavy (non-hydrogen) atoms. The molecule has 0 aliphatic heterocycles. The normalized spacial score (nSPS) is 10.5. The lowest BCUT2D eigenvalue weighted by Crippen LogP contribution is -1.93. The Balaban J connectivity index is 2.41. The second kappa shape index (κ2) is 5.21. The van der Waals surface area contributed by atoms with E-state index in [-0.39, 0.29) is 0 Å². The van der Waals surface area contributed by atoms with E-state index in [0.717, 1.165) is 5.56 Å². The molecule has 1 radical (unpaired) electrons. The van der Waals surface area contributed by atoms with Crippen molar-refractivity contribution < 1.29 is 4.74 Å². The van der Waals surface area contributed by atoms with Crippen LogP contribution in [0.3, 0.4) is 0 Å². The summed E-state index contributed by atoms with van der Waals surface area (Å²) in [5, 5.41) is 0.904. The predicted octanol–water partition coefficient (Wildman–Crippen LogP) is 5.51. The molecule has 3 heteroatoms. The molecule has 0 aromatic heterocycles. The largest absolute Gasteiger partial charge is 0.455 e. The molecule has 0 spiro atoms.